The first-order valence-electron chi connectivity index (χ1n) is 5.26. The van der Waals surface area contributed by atoms with E-state index in [-0.39, 0.29) is 11.2 Å². The molecule has 1 aromatic carbocycles. The molecule has 5 heteroatoms. The van der Waals surface area contributed by atoms with Crippen LogP contribution in [-0.2, 0) is 5.54 Å². The largest absolute Gasteiger partial charge is 0.329 e. The lowest BCUT2D eigenvalue weighted by atomic mass is 10.1. The minimum atomic E-state index is -0.547. The molecule has 90 valence electrons. The molecule has 1 N–H and O–H groups in total. The summed E-state index contributed by atoms with van der Waals surface area (Å²) in [6, 6.07) is 5.29. The van der Waals surface area contributed by atoms with Crippen molar-refractivity contribution in [2.24, 2.45) is 0 Å². The minimum absolute atomic E-state index is 0.274. The topological polar surface area (TPSA) is 54.9 Å². The van der Waals surface area contributed by atoms with Crippen LogP contribution in [0.15, 0.2) is 32.3 Å². The van der Waals surface area contributed by atoms with Crippen molar-refractivity contribution in [1.82, 2.24) is 9.55 Å². The monoisotopic (exact) mass is 296 g/mol. The number of rotatable bonds is 0. The third-order valence-corrected chi connectivity index (χ3v) is 3.21. The zero-order valence-corrected chi connectivity index (χ0v) is 11.5. The molecule has 1 heterocycles. The summed E-state index contributed by atoms with van der Waals surface area (Å²) in [5, 5.41) is 0.502. The fourth-order valence-corrected chi connectivity index (χ4v) is 2.37. The summed E-state index contributed by atoms with van der Waals surface area (Å²) in [6.07, 6.45) is 0. The Kier molecular flexibility index (Phi) is 2.73. The van der Waals surface area contributed by atoms with Crippen LogP contribution >= 0.6 is 15.9 Å². The van der Waals surface area contributed by atoms with Crippen LogP contribution in [0.1, 0.15) is 20.8 Å². The number of nitrogens with zero attached hydrogens (tertiary/aromatic N) is 1. The molecule has 1 aromatic heterocycles. The van der Waals surface area contributed by atoms with Gasteiger partial charge >= 0.3 is 5.69 Å². The van der Waals surface area contributed by atoms with Gasteiger partial charge in [0.1, 0.15) is 0 Å². The number of benzene rings is 1. The first-order chi connectivity index (χ1) is 7.82. The number of halogens is 1. The SMILES string of the molecule is CC(C)(C)n1c(=O)[nH]c2cccc(Br)c2c1=O. The number of fused-ring (bicyclic) bond motifs is 1. The lowest BCUT2D eigenvalue weighted by molar-refractivity contribution is 0.369. The normalized spacial score (nSPS) is 12.0. The molecule has 0 unspecified atom stereocenters. The maximum absolute atomic E-state index is 12.3. The van der Waals surface area contributed by atoms with E-state index in [0.29, 0.717) is 15.4 Å². The van der Waals surface area contributed by atoms with Gasteiger partial charge in [-0.2, -0.15) is 0 Å². The molecular weight excluding hydrogens is 284 g/mol. The molecular formula is C12H13BrN2O2. The van der Waals surface area contributed by atoms with Crippen molar-refractivity contribution in [2.75, 3.05) is 0 Å². The molecule has 0 atom stereocenters. The van der Waals surface area contributed by atoms with Crippen molar-refractivity contribution >= 4 is 26.8 Å². The van der Waals surface area contributed by atoms with Crippen LogP contribution in [0.25, 0.3) is 10.9 Å². The molecule has 0 saturated carbocycles. The average molecular weight is 297 g/mol. The Labute approximate surface area is 106 Å². The summed E-state index contributed by atoms with van der Waals surface area (Å²) in [4.78, 5) is 27.0. The van der Waals surface area contributed by atoms with Crippen LogP contribution in [0.3, 0.4) is 0 Å². The summed E-state index contributed by atoms with van der Waals surface area (Å²) in [7, 11) is 0. The van der Waals surface area contributed by atoms with Gasteiger partial charge in [0.2, 0.25) is 0 Å². The Hall–Kier alpha value is -1.36. The number of hydrogen-bond acceptors (Lipinski definition) is 2. The quantitative estimate of drug-likeness (QED) is 0.810. The highest BCUT2D eigenvalue weighted by Crippen LogP contribution is 2.19. The second-order valence-electron chi connectivity index (χ2n) is 4.90. The van der Waals surface area contributed by atoms with Gasteiger partial charge in [0.05, 0.1) is 10.9 Å². The molecule has 2 aromatic rings. The smallest absolute Gasteiger partial charge is 0.307 e. The zero-order valence-electron chi connectivity index (χ0n) is 9.87. The maximum Gasteiger partial charge on any atom is 0.329 e. The number of H-pyrrole nitrogens is 1. The zero-order chi connectivity index (χ0) is 12.8. The Balaban J connectivity index is 3.05. The molecule has 0 aliphatic heterocycles. The van der Waals surface area contributed by atoms with E-state index in [9.17, 15) is 9.59 Å². The highest BCUT2D eigenvalue weighted by Gasteiger charge is 2.20. The first kappa shape index (κ1) is 12.1. The van der Waals surface area contributed by atoms with E-state index in [0.717, 1.165) is 0 Å². The van der Waals surface area contributed by atoms with Crippen molar-refractivity contribution in [3.05, 3.63) is 43.5 Å². The number of hydrogen-bond donors (Lipinski definition) is 1. The predicted molar refractivity (Wildman–Crippen MR) is 71.5 cm³/mol. The number of aromatic amines is 1. The molecule has 0 aliphatic carbocycles. The third-order valence-electron chi connectivity index (χ3n) is 2.55. The lowest BCUT2D eigenvalue weighted by Gasteiger charge is -2.21. The van der Waals surface area contributed by atoms with Gasteiger partial charge < -0.3 is 4.98 Å². The van der Waals surface area contributed by atoms with Gasteiger partial charge in [0.25, 0.3) is 5.56 Å². The first-order valence-corrected chi connectivity index (χ1v) is 6.06. The standard InChI is InChI=1S/C12H13BrN2O2/c1-12(2,3)15-10(16)9-7(13)5-4-6-8(9)14-11(15)17/h4-6H,1-3H3,(H,14,17). The highest BCUT2D eigenvalue weighted by atomic mass is 79.9. The van der Waals surface area contributed by atoms with Crippen molar-refractivity contribution in [3.63, 3.8) is 0 Å². The van der Waals surface area contributed by atoms with Crippen LogP contribution in [0.5, 0.6) is 0 Å². The molecule has 0 radical (unpaired) electrons. The molecule has 0 bridgehead atoms. The third kappa shape index (κ3) is 1.95. The van der Waals surface area contributed by atoms with Gasteiger partial charge in [-0.25, -0.2) is 4.79 Å². The van der Waals surface area contributed by atoms with E-state index in [1.54, 1.807) is 18.2 Å². The van der Waals surface area contributed by atoms with E-state index in [1.807, 2.05) is 20.8 Å². The number of aromatic nitrogens is 2. The average Bonchev–Trinajstić information content (AvgIpc) is 2.14. The van der Waals surface area contributed by atoms with Crippen LogP contribution in [-0.4, -0.2) is 9.55 Å². The lowest BCUT2D eigenvalue weighted by Crippen LogP contribution is -2.44. The Morgan fingerprint density at radius 1 is 1.24 bits per heavy atom. The van der Waals surface area contributed by atoms with Crippen LogP contribution in [0.2, 0.25) is 0 Å². The maximum atomic E-state index is 12.3. The fraction of sp³-hybridized carbons (Fsp3) is 0.333. The predicted octanol–water partition coefficient (Wildman–Crippen LogP) is 2.21. The number of nitrogens with one attached hydrogen (secondary N) is 1. The fourth-order valence-electron chi connectivity index (χ4n) is 1.83. The Bertz CT molecular complexity index is 692. The van der Waals surface area contributed by atoms with E-state index in [1.165, 1.54) is 4.57 Å². The summed E-state index contributed by atoms with van der Waals surface area (Å²) in [6.45, 7) is 5.48. The van der Waals surface area contributed by atoms with Crippen LogP contribution < -0.4 is 11.2 Å². The van der Waals surface area contributed by atoms with E-state index in [2.05, 4.69) is 20.9 Å². The molecule has 0 saturated heterocycles. The summed E-state index contributed by atoms with van der Waals surface area (Å²) in [5.41, 5.74) is -0.652. The Morgan fingerprint density at radius 3 is 2.47 bits per heavy atom. The highest BCUT2D eigenvalue weighted by molar-refractivity contribution is 9.10. The Morgan fingerprint density at radius 2 is 1.88 bits per heavy atom. The van der Waals surface area contributed by atoms with Crippen LogP contribution in [0, 0.1) is 0 Å². The van der Waals surface area contributed by atoms with Gasteiger partial charge in [-0.05, 0) is 48.8 Å². The molecule has 0 fully saturated rings. The molecule has 17 heavy (non-hydrogen) atoms. The second-order valence-corrected chi connectivity index (χ2v) is 5.76. The van der Waals surface area contributed by atoms with Crippen molar-refractivity contribution in [1.29, 1.82) is 0 Å². The van der Waals surface area contributed by atoms with Crippen molar-refractivity contribution in [2.45, 2.75) is 26.3 Å². The molecule has 0 amide bonds. The molecule has 4 nitrogen and oxygen atoms in total. The van der Waals surface area contributed by atoms with Gasteiger partial charge in [0.15, 0.2) is 0 Å². The van der Waals surface area contributed by atoms with Gasteiger partial charge in [-0.1, -0.05) is 6.07 Å². The van der Waals surface area contributed by atoms with E-state index in [4.69, 9.17) is 0 Å². The minimum Gasteiger partial charge on any atom is -0.307 e. The van der Waals surface area contributed by atoms with Gasteiger partial charge in [-0.3, -0.25) is 9.36 Å². The van der Waals surface area contributed by atoms with Gasteiger partial charge in [-0.15, -0.1) is 0 Å². The van der Waals surface area contributed by atoms with Crippen molar-refractivity contribution < 1.29 is 0 Å². The van der Waals surface area contributed by atoms with Gasteiger partial charge in [0, 0.05) is 10.0 Å². The molecule has 0 spiro atoms. The summed E-state index contributed by atoms with van der Waals surface area (Å²) >= 11 is 3.34. The van der Waals surface area contributed by atoms with Crippen LogP contribution in [0.4, 0.5) is 0 Å². The van der Waals surface area contributed by atoms with E-state index < -0.39 is 5.54 Å². The summed E-state index contributed by atoms with van der Waals surface area (Å²) < 4.78 is 1.93. The van der Waals surface area contributed by atoms with Crippen molar-refractivity contribution in [3.8, 4) is 0 Å². The molecule has 2 rings (SSSR count). The molecule has 0 aliphatic rings. The summed E-state index contributed by atoms with van der Waals surface area (Å²) in [5.74, 6) is 0. The van der Waals surface area contributed by atoms with E-state index >= 15 is 0 Å². The second kappa shape index (κ2) is 3.84.